The summed E-state index contributed by atoms with van der Waals surface area (Å²) in [5, 5.41) is 3.63. The van der Waals surface area contributed by atoms with Crippen molar-refractivity contribution in [2.24, 2.45) is 5.41 Å². The van der Waals surface area contributed by atoms with Gasteiger partial charge in [-0.2, -0.15) is 0 Å². The standard InChI is InChI=1S/C18H32N2/c1-8-20(16-11-9-10-15(2)12-16)14-18(6,7)13-19-17(3,4)5/h9-12,19H,8,13-14H2,1-7H3. The van der Waals surface area contributed by atoms with Crippen molar-refractivity contribution < 1.29 is 0 Å². The van der Waals surface area contributed by atoms with Crippen LogP contribution in [0.2, 0.25) is 0 Å². The van der Waals surface area contributed by atoms with Gasteiger partial charge in [0.25, 0.3) is 0 Å². The third kappa shape index (κ3) is 5.96. The molecule has 1 aromatic carbocycles. The van der Waals surface area contributed by atoms with E-state index in [-0.39, 0.29) is 11.0 Å². The molecule has 1 rings (SSSR count). The molecule has 0 bridgehead atoms. The van der Waals surface area contributed by atoms with Crippen LogP contribution in [-0.4, -0.2) is 25.2 Å². The zero-order chi connectivity index (χ0) is 15.4. The van der Waals surface area contributed by atoms with E-state index in [9.17, 15) is 0 Å². The van der Waals surface area contributed by atoms with Crippen LogP contribution in [0.5, 0.6) is 0 Å². The Morgan fingerprint density at radius 3 is 2.25 bits per heavy atom. The molecule has 0 radical (unpaired) electrons. The first-order valence-electron chi connectivity index (χ1n) is 7.70. The Balaban J connectivity index is 2.72. The van der Waals surface area contributed by atoms with Crippen LogP contribution < -0.4 is 10.2 Å². The summed E-state index contributed by atoms with van der Waals surface area (Å²) in [5.41, 5.74) is 3.08. The zero-order valence-corrected chi connectivity index (χ0v) is 14.4. The van der Waals surface area contributed by atoms with E-state index in [1.165, 1.54) is 11.3 Å². The van der Waals surface area contributed by atoms with Gasteiger partial charge in [-0.3, -0.25) is 0 Å². The second kappa shape index (κ2) is 6.62. The van der Waals surface area contributed by atoms with E-state index in [0.29, 0.717) is 0 Å². The molecule has 1 N–H and O–H groups in total. The smallest absolute Gasteiger partial charge is 0.0368 e. The molecule has 0 spiro atoms. The second-order valence-electron chi connectivity index (χ2n) is 7.62. The summed E-state index contributed by atoms with van der Waals surface area (Å²) in [7, 11) is 0. The van der Waals surface area contributed by atoms with Gasteiger partial charge in [0.05, 0.1) is 0 Å². The quantitative estimate of drug-likeness (QED) is 0.836. The first-order chi connectivity index (χ1) is 9.13. The highest BCUT2D eigenvalue weighted by Crippen LogP contribution is 2.23. The number of nitrogens with zero attached hydrogens (tertiary/aromatic N) is 1. The van der Waals surface area contributed by atoms with Crippen molar-refractivity contribution in [1.29, 1.82) is 0 Å². The van der Waals surface area contributed by atoms with Crippen LogP contribution in [0.3, 0.4) is 0 Å². The fourth-order valence-corrected chi connectivity index (χ4v) is 2.29. The number of aryl methyl sites for hydroxylation is 1. The van der Waals surface area contributed by atoms with Crippen LogP contribution in [0.4, 0.5) is 5.69 Å². The molecular formula is C18H32N2. The molecule has 0 fully saturated rings. The Morgan fingerprint density at radius 2 is 1.75 bits per heavy atom. The van der Waals surface area contributed by atoms with E-state index in [0.717, 1.165) is 19.6 Å². The van der Waals surface area contributed by atoms with Gasteiger partial charge in [0.2, 0.25) is 0 Å². The number of rotatable bonds is 6. The maximum absolute atomic E-state index is 3.63. The molecule has 0 amide bonds. The molecule has 0 saturated heterocycles. The number of hydrogen-bond donors (Lipinski definition) is 1. The van der Waals surface area contributed by atoms with E-state index < -0.39 is 0 Å². The largest absolute Gasteiger partial charge is 0.371 e. The molecule has 0 heterocycles. The van der Waals surface area contributed by atoms with Gasteiger partial charge >= 0.3 is 0 Å². The molecule has 2 heteroatoms. The van der Waals surface area contributed by atoms with E-state index in [4.69, 9.17) is 0 Å². The fraction of sp³-hybridized carbons (Fsp3) is 0.667. The summed E-state index contributed by atoms with van der Waals surface area (Å²) in [5.74, 6) is 0. The predicted molar refractivity (Wildman–Crippen MR) is 90.6 cm³/mol. The summed E-state index contributed by atoms with van der Waals surface area (Å²) in [4.78, 5) is 2.47. The number of benzene rings is 1. The van der Waals surface area contributed by atoms with Crippen LogP contribution >= 0.6 is 0 Å². The normalized spacial score (nSPS) is 12.6. The van der Waals surface area contributed by atoms with Crippen molar-refractivity contribution in [3.05, 3.63) is 29.8 Å². The number of nitrogens with one attached hydrogen (secondary N) is 1. The molecule has 0 aromatic heterocycles. The van der Waals surface area contributed by atoms with Crippen molar-refractivity contribution in [2.75, 3.05) is 24.5 Å². The lowest BCUT2D eigenvalue weighted by Crippen LogP contribution is -2.46. The first kappa shape index (κ1) is 17.0. The van der Waals surface area contributed by atoms with Crippen molar-refractivity contribution in [3.63, 3.8) is 0 Å². The highest BCUT2D eigenvalue weighted by molar-refractivity contribution is 5.48. The van der Waals surface area contributed by atoms with Crippen molar-refractivity contribution in [1.82, 2.24) is 5.32 Å². The Morgan fingerprint density at radius 1 is 1.10 bits per heavy atom. The Hall–Kier alpha value is -1.02. The monoisotopic (exact) mass is 276 g/mol. The Bertz CT molecular complexity index is 416. The first-order valence-corrected chi connectivity index (χ1v) is 7.70. The van der Waals surface area contributed by atoms with Gasteiger partial charge in [-0.05, 0) is 57.7 Å². The third-order valence-corrected chi connectivity index (χ3v) is 3.46. The minimum absolute atomic E-state index is 0.178. The van der Waals surface area contributed by atoms with Crippen molar-refractivity contribution >= 4 is 5.69 Å². The molecule has 2 nitrogen and oxygen atoms in total. The summed E-state index contributed by atoms with van der Waals surface area (Å²) in [6.07, 6.45) is 0. The highest BCUT2D eigenvalue weighted by Gasteiger charge is 2.23. The molecule has 0 atom stereocenters. The molecule has 1 aromatic rings. The molecule has 0 aliphatic carbocycles. The molecular weight excluding hydrogens is 244 g/mol. The van der Waals surface area contributed by atoms with E-state index >= 15 is 0 Å². The van der Waals surface area contributed by atoms with Crippen molar-refractivity contribution in [2.45, 2.75) is 54.0 Å². The second-order valence-corrected chi connectivity index (χ2v) is 7.62. The third-order valence-electron chi connectivity index (χ3n) is 3.46. The average molecular weight is 276 g/mol. The minimum Gasteiger partial charge on any atom is -0.371 e. The topological polar surface area (TPSA) is 15.3 Å². The fourth-order valence-electron chi connectivity index (χ4n) is 2.29. The molecule has 0 aliphatic heterocycles. The lowest BCUT2D eigenvalue weighted by Gasteiger charge is -2.36. The average Bonchev–Trinajstić information content (AvgIpc) is 2.33. The van der Waals surface area contributed by atoms with E-state index in [1.807, 2.05) is 0 Å². The highest BCUT2D eigenvalue weighted by atomic mass is 15.1. The SMILES string of the molecule is CCN(CC(C)(C)CNC(C)(C)C)c1cccc(C)c1. The van der Waals surface area contributed by atoms with Crippen LogP contribution in [-0.2, 0) is 0 Å². The maximum Gasteiger partial charge on any atom is 0.0368 e. The van der Waals surface area contributed by atoms with Gasteiger partial charge in [0.1, 0.15) is 0 Å². The summed E-state index contributed by atoms with van der Waals surface area (Å²) in [6, 6.07) is 8.79. The van der Waals surface area contributed by atoms with Crippen molar-refractivity contribution in [3.8, 4) is 0 Å². The maximum atomic E-state index is 3.63. The molecule has 0 saturated carbocycles. The summed E-state index contributed by atoms with van der Waals surface area (Å²) >= 11 is 0. The summed E-state index contributed by atoms with van der Waals surface area (Å²) < 4.78 is 0. The lowest BCUT2D eigenvalue weighted by atomic mass is 9.91. The molecule has 0 unspecified atom stereocenters. The van der Waals surface area contributed by atoms with Gasteiger partial charge in [0.15, 0.2) is 0 Å². The van der Waals surface area contributed by atoms with E-state index in [1.54, 1.807) is 0 Å². The van der Waals surface area contributed by atoms with Gasteiger partial charge in [-0.1, -0.05) is 26.0 Å². The van der Waals surface area contributed by atoms with Crippen LogP contribution in [0.15, 0.2) is 24.3 Å². The van der Waals surface area contributed by atoms with Gasteiger partial charge < -0.3 is 10.2 Å². The number of anilines is 1. The minimum atomic E-state index is 0.178. The molecule has 114 valence electrons. The van der Waals surface area contributed by atoms with Crippen LogP contribution in [0.25, 0.3) is 0 Å². The lowest BCUT2D eigenvalue weighted by molar-refractivity contribution is 0.293. The Kier molecular flexibility index (Phi) is 5.64. The molecule has 20 heavy (non-hydrogen) atoms. The predicted octanol–water partition coefficient (Wildman–Crippen LogP) is 4.24. The van der Waals surface area contributed by atoms with Gasteiger partial charge in [-0.25, -0.2) is 0 Å². The van der Waals surface area contributed by atoms with Crippen LogP contribution in [0.1, 0.15) is 47.1 Å². The number of hydrogen-bond acceptors (Lipinski definition) is 2. The summed E-state index contributed by atoms with van der Waals surface area (Å²) in [6.45, 7) is 18.9. The van der Waals surface area contributed by atoms with Gasteiger partial charge in [0, 0.05) is 30.9 Å². The van der Waals surface area contributed by atoms with Gasteiger partial charge in [-0.15, -0.1) is 0 Å². The zero-order valence-electron chi connectivity index (χ0n) is 14.4. The van der Waals surface area contributed by atoms with Crippen LogP contribution in [0, 0.1) is 12.3 Å². The van der Waals surface area contributed by atoms with E-state index in [2.05, 4.69) is 82.9 Å². The Labute approximate surface area is 125 Å². The molecule has 0 aliphatic rings.